The van der Waals surface area contributed by atoms with Gasteiger partial charge in [-0.15, -0.1) is 11.8 Å². The quantitative estimate of drug-likeness (QED) is 0.754. The van der Waals surface area contributed by atoms with Gasteiger partial charge < -0.3 is 9.84 Å². The maximum atomic E-state index is 10.3. The summed E-state index contributed by atoms with van der Waals surface area (Å²) < 4.78 is 4.94. The lowest BCUT2D eigenvalue weighted by atomic mass is 10.5. The minimum atomic E-state index is -0.779. The van der Waals surface area contributed by atoms with Gasteiger partial charge in [-0.3, -0.25) is 4.79 Å². The minimum absolute atomic E-state index is 0.162. The Morgan fingerprint density at radius 3 is 3.14 bits per heavy atom. The first kappa shape index (κ1) is 10.8. The number of carbonyl (C=O) groups is 1. The van der Waals surface area contributed by atoms with Crippen molar-refractivity contribution in [2.24, 2.45) is 0 Å². The Morgan fingerprint density at radius 1 is 1.71 bits per heavy atom. The molecule has 0 atom stereocenters. The third kappa shape index (κ3) is 3.66. The highest BCUT2D eigenvalue weighted by Crippen LogP contribution is 2.21. The average Bonchev–Trinajstić information content (AvgIpc) is 2.18. The number of aliphatic carboxylic acids is 1. The van der Waals surface area contributed by atoms with Crippen molar-refractivity contribution in [3.05, 3.63) is 18.3 Å². The molecule has 1 heterocycles. The van der Waals surface area contributed by atoms with Gasteiger partial charge in [-0.2, -0.15) is 0 Å². The highest BCUT2D eigenvalue weighted by atomic mass is 32.2. The van der Waals surface area contributed by atoms with Gasteiger partial charge in [0.15, 0.2) is 0 Å². The van der Waals surface area contributed by atoms with Crippen molar-refractivity contribution in [2.45, 2.75) is 11.3 Å². The molecule has 0 fully saturated rings. The van der Waals surface area contributed by atoms with E-state index < -0.39 is 5.97 Å². The van der Waals surface area contributed by atoms with Gasteiger partial charge >= 0.3 is 5.97 Å². The maximum Gasteiger partial charge on any atom is 0.304 e. The van der Waals surface area contributed by atoms with Crippen LogP contribution in [0.25, 0.3) is 0 Å². The molecule has 0 aliphatic rings. The maximum absolute atomic E-state index is 10.3. The first-order valence-corrected chi connectivity index (χ1v) is 5.05. The zero-order valence-electron chi connectivity index (χ0n) is 7.77. The number of carboxylic acid groups (broad SMARTS) is 1. The fraction of sp³-hybridized carbons (Fsp3) is 0.333. The van der Waals surface area contributed by atoms with E-state index >= 15 is 0 Å². The Labute approximate surface area is 86.3 Å². The molecular weight excluding hydrogens is 202 g/mol. The van der Waals surface area contributed by atoms with Crippen LogP contribution in [0.4, 0.5) is 0 Å². The smallest absolute Gasteiger partial charge is 0.304 e. The topological polar surface area (TPSA) is 59.4 Å². The molecule has 0 saturated carbocycles. The fourth-order valence-electron chi connectivity index (χ4n) is 0.849. The number of hydrogen-bond acceptors (Lipinski definition) is 4. The van der Waals surface area contributed by atoms with E-state index in [-0.39, 0.29) is 6.42 Å². The van der Waals surface area contributed by atoms with Crippen molar-refractivity contribution in [2.75, 3.05) is 12.9 Å². The van der Waals surface area contributed by atoms with E-state index in [2.05, 4.69) is 4.98 Å². The third-order valence-electron chi connectivity index (χ3n) is 1.50. The van der Waals surface area contributed by atoms with Gasteiger partial charge in [-0.05, 0) is 6.07 Å². The highest BCUT2D eigenvalue weighted by molar-refractivity contribution is 7.99. The molecule has 0 unspecified atom stereocenters. The summed E-state index contributed by atoms with van der Waals surface area (Å²) in [6.07, 6.45) is 1.80. The zero-order chi connectivity index (χ0) is 10.4. The van der Waals surface area contributed by atoms with E-state index in [1.807, 2.05) is 6.07 Å². The van der Waals surface area contributed by atoms with Gasteiger partial charge in [0.05, 0.1) is 13.5 Å². The zero-order valence-corrected chi connectivity index (χ0v) is 8.58. The van der Waals surface area contributed by atoms with E-state index in [4.69, 9.17) is 9.84 Å². The molecule has 5 heteroatoms. The first-order chi connectivity index (χ1) is 6.72. The summed E-state index contributed by atoms with van der Waals surface area (Å²) in [5, 5.41) is 8.44. The standard InChI is InChI=1S/C9H11NO3S/c1-13-8-6-7(2-4-10-8)14-5-3-9(11)12/h2,4,6H,3,5H2,1H3,(H,11,12). The number of thioether (sulfide) groups is 1. The van der Waals surface area contributed by atoms with Crippen LogP contribution in [0.5, 0.6) is 5.88 Å². The Balaban J connectivity index is 2.46. The number of pyridine rings is 1. The van der Waals surface area contributed by atoms with Crippen LogP contribution in [-0.2, 0) is 4.79 Å². The summed E-state index contributed by atoms with van der Waals surface area (Å²) in [7, 11) is 1.55. The molecule has 14 heavy (non-hydrogen) atoms. The van der Waals surface area contributed by atoms with Gasteiger partial charge in [0.1, 0.15) is 0 Å². The van der Waals surface area contributed by atoms with E-state index in [0.29, 0.717) is 11.6 Å². The molecule has 1 aromatic rings. The molecule has 76 valence electrons. The summed E-state index contributed by atoms with van der Waals surface area (Å²) in [5.74, 6) is 0.325. The van der Waals surface area contributed by atoms with Gasteiger partial charge in [-0.25, -0.2) is 4.98 Å². The Bertz CT molecular complexity index is 317. The van der Waals surface area contributed by atoms with Crippen LogP contribution in [0.3, 0.4) is 0 Å². The molecule has 0 aromatic carbocycles. The number of methoxy groups -OCH3 is 1. The van der Waals surface area contributed by atoms with Crippen LogP contribution in [0.1, 0.15) is 6.42 Å². The minimum Gasteiger partial charge on any atom is -0.481 e. The van der Waals surface area contributed by atoms with Gasteiger partial charge in [0.25, 0.3) is 0 Å². The summed E-state index contributed by atoms with van der Waals surface area (Å²) in [6.45, 7) is 0. The molecule has 0 radical (unpaired) electrons. The lowest BCUT2D eigenvalue weighted by Crippen LogP contribution is -1.95. The molecule has 0 aliphatic heterocycles. The van der Waals surface area contributed by atoms with E-state index in [0.717, 1.165) is 4.90 Å². The molecule has 0 bridgehead atoms. The predicted molar refractivity (Wildman–Crippen MR) is 53.8 cm³/mol. The second-order valence-corrected chi connectivity index (χ2v) is 3.69. The number of nitrogens with zero attached hydrogens (tertiary/aromatic N) is 1. The SMILES string of the molecule is COc1cc(SCCC(=O)O)ccn1. The van der Waals surface area contributed by atoms with Crippen molar-refractivity contribution in [1.29, 1.82) is 0 Å². The third-order valence-corrected chi connectivity index (χ3v) is 2.50. The molecular formula is C9H11NO3S. The number of aromatic nitrogens is 1. The molecule has 0 amide bonds. The predicted octanol–water partition coefficient (Wildman–Crippen LogP) is 1.66. The monoisotopic (exact) mass is 213 g/mol. The summed E-state index contributed by atoms with van der Waals surface area (Å²) in [4.78, 5) is 15.2. The molecule has 4 nitrogen and oxygen atoms in total. The van der Waals surface area contributed by atoms with Crippen molar-refractivity contribution in [1.82, 2.24) is 4.98 Å². The van der Waals surface area contributed by atoms with Gasteiger partial charge in [0.2, 0.25) is 5.88 Å². The molecule has 1 rings (SSSR count). The van der Waals surface area contributed by atoms with Crippen LogP contribution in [0.2, 0.25) is 0 Å². The van der Waals surface area contributed by atoms with Gasteiger partial charge in [0, 0.05) is 22.9 Å². The summed E-state index contributed by atoms with van der Waals surface area (Å²) >= 11 is 1.48. The van der Waals surface area contributed by atoms with E-state index in [1.165, 1.54) is 11.8 Å². The molecule has 1 N–H and O–H groups in total. The second-order valence-electron chi connectivity index (χ2n) is 2.53. The lowest BCUT2D eigenvalue weighted by Gasteiger charge is -2.01. The summed E-state index contributed by atoms with van der Waals surface area (Å²) in [5.41, 5.74) is 0. The molecule has 0 saturated heterocycles. The highest BCUT2D eigenvalue weighted by Gasteiger charge is 2.00. The molecule has 0 spiro atoms. The normalized spacial score (nSPS) is 9.79. The van der Waals surface area contributed by atoms with Crippen molar-refractivity contribution in [3.63, 3.8) is 0 Å². The molecule has 0 aliphatic carbocycles. The number of hydrogen-bond donors (Lipinski definition) is 1. The van der Waals surface area contributed by atoms with Crippen LogP contribution in [0, 0.1) is 0 Å². The molecule has 1 aromatic heterocycles. The van der Waals surface area contributed by atoms with E-state index in [9.17, 15) is 4.79 Å². The van der Waals surface area contributed by atoms with Crippen molar-refractivity contribution in [3.8, 4) is 5.88 Å². The second kappa shape index (κ2) is 5.49. The fourth-order valence-corrected chi connectivity index (χ4v) is 1.70. The largest absolute Gasteiger partial charge is 0.481 e. The average molecular weight is 213 g/mol. The van der Waals surface area contributed by atoms with E-state index in [1.54, 1.807) is 19.4 Å². The summed E-state index contributed by atoms with van der Waals surface area (Å²) in [6, 6.07) is 3.61. The van der Waals surface area contributed by atoms with Crippen LogP contribution >= 0.6 is 11.8 Å². The lowest BCUT2D eigenvalue weighted by molar-refractivity contribution is -0.136. The Kier molecular flexibility index (Phi) is 4.25. The number of carboxylic acids is 1. The van der Waals surface area contributed by atoms with Crippen molar-refractivity contribution >= 4 is 17.7 Å². The Morgan fingerprint density at radius 2 is 2.50 bits per heavy atom. The number of ether oxygens (including phenoxy) is 1. The van der Waals surface area contributed by atoms with Crippen molar-refractivity contribution < 1.29 is 14.6 Å². The van der Waals surface area contributed by atoms with Crippen LogP contribution in [-0.4, -0.2) is 28.9 Å². The number of rotatable bonds is 5. The van der Waals surface area contributed by atoms with Crippen LogP contribution in [0.15, 0.2) is 23.2 Å². The van der Waals surface area contributed by atoms with Gasteiger partial charge in [-0.1, -0.05) is 0 Å². The van der Waals surface area contributed by atoms with Crippen LogP contribution < -0.4 is 4.74 Å². The first-order valence-electron chi connectivity index (χ1n) is 4.07. The Hall–Kier alpha value is -1.23.